The number of nitrogens with one attached hydrogen (secondary N) is 2. The van der Waals surface area contributed by atoms with Crippen LogP contribution in [0.5, 0.6) is 5.75 Å². The van der Waals surface area contributed by atoms with Crippen LogP contribution in [0.25, 0.3) is 5.57 Å². The molecule has 0 spiro atoms. The summed E-state index contributed by atoms with van der Waals surface area (Å²) in [4.78, 5) is 2.16. The molecule has 0 aromatic heterocycles. The van der Waals surface area contributed by atoms with Crippen LogP contribution in [-0.2, 0) is 6.42 Å². The van der Waals surface area contributed by atoms with E-state index >= 15 is 0 Å². The zero-order valence-electron chi connectivity index (χ0n) is 14.7. The van der Waals surface area contributed by atoms with E-state index in [1.807, 2.05) is 19.2 Å². The highest BCUT2D eigenvalue weighted by Crippen LogP contribution is 2.40. The van der Waals surface area contributed by atoms with Crippen molar-refractivity contribution in [3.8, 4) is 5.75 Å². The second-order valence-corrected chi connectivity index (χ2v) is 6.83. The Morgan fingerprint density at radius 2 is 2.16 bits per heavy atom. The van der Waals surface area contributed by atoms with Gasteiger partial charge in [0, 0.05) is 53.9 Å². The second-order valence-electron chi connectivity index (χ2n) is 6.83. The van der Waals surface area contributed by atoms with Crippen LogP contribution in [0.1, 0.15) is 37.3 Å². The van der Waals surface area contributed by atoms with Crippen LogP contribution in [-0.4, -0.2) is 38.4 Å². The molecule has 2 aliphatic rings. The average Bonchev–Trinajstić information content (AvgIpc) is 3.41. The number of ether oxygens (including phenoxy) is 1. The molecule has 1 unspecified atom stereocenters. The first-order valence-electron chi connectivity index (χ1n) is 8.78. The van der Waals surface area contributed by atoms with Gasteiger partial charge in [-0.15, -0.1) is 0 Å². The number of benzene rings is 1. The van der Waals surface area contributed by atoms with E-state index in [2.05, 4.69) is 17.1 Å². The van der Waals surface area contributed by atoms with Gasteiger partial charge in [0.05, 0.1) is 0 Å². The van der Waals surface area contributed by atoms with E-state index in [0.29, 0.717) is 29.0 Å². The van der Waals surface area contributed by atoms with Gasteiger partial charge in [-0.25, -0.2) is 8.78 Å². The van der Waals surface area contributed by atoms with Crippen molar-refractivity contribution in [3.63, 3.8) is 0 Å². The summed E-state index contributed by atoms with van der Waals surface area (Å²) in [7, 11) is 2.02. The summed E-state index contributed by atoms with van der Waals surface area (Å²) >= 11 is 0. The van der Waals surface area contributed by atoms with E-state index in [1.165, 1.54) is 6.21 Å². The number of hydrogen-bond acceptors (Lipinski definition) is 4. The van der Waals surface area contributed by atoms with E-state index in [4.69, 9.17) is 10.1 Å². The van der Waals surface area contributed by atoms with Gasteiger partial charge in [0.1, 0.15) is 12.4 Å². The van der Waals surface area contributed by atoms with Gasteiger partial charge >= 0.3 is 0 Å². The molecule has 2 N–H and O–H groups in total. The predicted octanol–water partition coefficient (Wildman–Crippen LogP) is 3.84. The van der Waals surface area contributed by atoms with Crippen molar-refractivity contribution in [2.24, 2.45) is 0 Å². The topological polar surface area (TPSA) is 48.4 Å². The fourth-order valence-electron chi connectivity index (χ4n) is 3.17. The zero-order valence-corrected chi connectivity index (χ0v) is 14.7. The van der Waals surface area contributed by atoms with Crippen LogP contribution in [0, 0.1) is 5.41 Å². The zero-order chi connectivity index (χ0) is 18.0. The molecule has 3 rings (SSSR count). The minimum absolute atomic E-state index is 0.399. The summed E-state index contributed by atoms with van der Waals surface area (Å²) in [6, 6.07) is 4.74. The number of rotatable bonds is 7. The summed E-state index contributed by atoms with van der Waals surface area (Å²) in [5, 5.41) is 11.0. The van der Waals surface area contributed by atoms with Crippen LogP contribution < -0.4 is 15.0 Å². The Hall–Kier alpha value is -2.11. The van der Waals surface area contributed by atoms with Crippen LogP contribution >= 0.6 is 0 Å². The molecule has 1 aromatic rings. The molecule has 6 heteroatoms. The maximum atomic E-state index is 12.8. The second kappa shape index (κ2) is 7.42. The Morgan fingerprint density at radius 1 is 1.40 bits per heavy atom. The number of nitrogens with zero attached hydrogens (tertiary/aromatic N) is 1. The molecule has 1 atom stereocenters. The lowest BCUT2D eigenvalue weighted by Gasteiger charge is -2.35. The van der Waals surface area contributed by atoms with Gasteiger partial charge < -0.3 is 20.4 Å². The van der Waals surface area contributed by atoms with Gasteiger partial charge in [0.15, 0.2) is 0 Å². The van der Waals surface area contributed by atoms with Crippen molar-refractivity contribution < 1.29 is 13.5 Å². The van der Waals surface area contributed by atoms with Gasteiger partial charge in [-0.05, 0) is 44.7 Å². The lowest BCUT2D eigenvalue weighted by Crippen LogP contribution is -2.34. The molecule has 1 aliphatic carbocycles. The Kier molecular flexibility index (Phi) is 5.25. The highest BCUT2D eigenvalue weighted by molar-refractivity contribution is 6.09. The molecular weight excluding hydrogens is 324 g/mol. The van der Waals surface area contributed by atoms with Crippen LogP contribution in [0.15, 0.2) is 18.3 Å². The first-order valence-corrected chi connectivity index (χ1v) is 8.78. The maximum absolute atomic E-state index is 12.8. The molecule has 25 heavy (non-hydrogen) atoms. The maximum Gasteiger partial charge on any atom is 0.272 e. The molecule has 136 valence electrons. The molecule has 0 bridgehead atoms. The molecule has 1 fully saturated rings. The van der Waals surface area contributed by atoms with Gasteiger partial charge in [-0.3, -0.25) is 0 Å². The SMILES string of the molecule is CC1CCc2c(ccc(/C(C=N)=C/NC3CC3)c2OCC(F)F)N1C. The summed E-state index contributed by atoms with van der Waals surface area (Å²) < 4.78 is 31.1. The van der Waals surface area contributed by atoms with Crippen molar-refractivity contribution >= 4 is 17.5 Å². The molecule has 0 amide bonds. The van der Waals surface area contributed by atoms with E-state index in [-0.39, 0.29) is 0 Å². The Morgan fingerprint density at radius 3 is 2.80 bits per heavy atom. The summed E-state index contributed by atoms with van der Waals surface area (Å²) in [5.74, 6) is 0.490. The number of anilines is 1. The fourth-order valence-corrected chi connectivity index (χ4v) is 3.17. The fraction of sp³-hybridized carbons (Fsp3) is 0.526. The highest BCUT2D eigenvalue weighted by atomic mass is 19.3. The minimum atomic E-state index is -2.53. The number of halogens is 2. The summed E-state index contributed by atoms with van der Waals surface area (Å²) in [6.45, 7) is 1.52. The number of hydrogen-bond donors (Lipinski definition) is 2. The lowest BCUT2D eigenvalue weighted by atomic mass is 9.92. The summed E-state index contributed by atoms with van der Waals surface area (Å²) in [5.41, 5.74) is 3.33. The van der Waals surface area contributed by atoms with E-state index in [0.717, 1.165) is 36.9 Å². The van der Waals surface area contributed by atoms with Crippen molar-refractivity contribution in [1.82, 2.24) is 5.32 Å². The number of alkyl halides is 2. The van der Waals surface area contributed by atoms with E-state index in [1.54, 1.807) is 6.20 Å². The largest absolute Gasteiger partial charge is 0.487 e. The van der Waals surface area contributed by atoms with Crippen molar-refractivity contribution in [3.05, 3.63) is 29.5 Å². The monoisotopic (exact) mass is 349 g/mol. The third-order valence-corrected chi connectivity index (χ3v) is 4.96. The quantitative estimate of drug-likeness (QED) is 0.735. The molecule has 1 aromatic carbocycles. The van der Waals surface area contributed by atoms with Crippen molar-refractivity contribution in [2.75, 3.05) is 18.6 Å². The standard InChI is InChI=1S/C19H25F2N3O/c1-12-3-6-16-17(24(12)2)8-7-15(19(16)25-11-18(20)21)13(9-22)10-23-14-4-5-14/h7-10,12,14,18,22-23H,3-6,11H2,1-2H3/b13-10+,22-9?. The Labute approximate surface area is 147 Å². The van der Waals surface area contributed by atoms with Crippen molar-refractivity contribution in [1.29, 1.82) is 5.41 Å². The van der Waals surface area contributed by atoms with Gasteiger partial charge in [-0.1, -0.05) is 0 Å². The van der Waals surface area contributed by atoms with Gasteiger partial charge in [0.2, 0.25) is 0 Å². The third-order valence-electron chi connectivity index (χ3n) is 4.96. The third kappa shape index (κ3) is 3.94. The predicted molar refractivity (Wildman–Crippen MR) is 97.0 cm³/mol. The van der Waals surface area contributed by atoms with Crippen LogP contribution in [0.4, 0.5) is 14.5 Å². The Bertz CT molecular complexity index is 671. The van der Waals surface area contributed by atoms with Crippen LogP contribution in [0.3, 0.4) is 0 Å². The summed E-state index contributed by atoms with van der Waals surface area (Å²) in [6.07, 6.45) is 4.52. The molecule has 1 saturated carbocycles. The van der Waals surface area contributed by atoms with Crippen LogP contribution in [0.2, 0.25) is 0 Å². The smallest absolute Gasteiger partial charge is 0.272 e. The Balaban J connectivity index is 2.01. The normalized spacial score (nSPS) is 20.4. The molecule has 4 nitrogen and oxygen atoms in total. The number of fused-ring (bicyclic) bond motifs is 1. The van der Waals surface area contributed by atoms with Gasteiger partial charge in [0.25, 0.3) is 6.43 Å². The molecule has 0 saturated heterocycles. The van der Waals surface area contributed by atoms with Gasteiger partial charge in [-0.2, -0.15) is 0 Å². The minimum Gasteiger partial charge on any atom is -0.487 e. The first kappa shape index (κ1) is 17.7. The molecule has 0 radical (unpaired) electrons. The molecule has 1 heterocycles. The van der Waals surface area contributed by atoms with E-state index < -0.39 is 13.0 Å². The lowest BCUT2D eigenvalue weighted by molar-refractivity contribution is 0.0812. The average molecular weight is 349 g/mol. The highest BCUT2D eigenvalue weighted by Gasteiger charge is 2.26. The number of allylic oxidation sites excluding steroid dienone is 1. The molecule has 1 aliphatic heterocycles. The van der Waals surface area contributed by atoms with E-state index in [9.17, 15) is 8.78 Å². The first-order chi connectivity index (χ1) is 12.0. The molecular formula is C19H25F2N3O. The van der Waals surface area contributed by atoms with Crippen molar-refractivity contribution in [2.45, 2.75) is 51.1 Å².